The first-order valence-corrected chi connectivity index (χ1v) is 23.5. The van der Waals surface area contributed by atoms with Gasteiger partial charge in [-0.15, -0.1) is 0 Å². The fourth-order valence-corrected chi connectivity index (χ4v) is 6.51. The van der Waals surface area contributed by atoms with Crippen LogP contribution in [0, 0.1) is 0 Å². The van der Waals surface area contributed by atoms with Crippen molar-refractivity contribution in [1.82, 2.24) is 5.32 Å². The van der Waals surface area contributed by atoms with E-state index in [9.17, 15) is 15.0 Å². The molecule has 0 aromatic carbocycles. The number of hydrogen-bond acceptors (Lipinski definition) is 3. The number of rotatable bonds is 41. The average Bonchev–Trinajstić information content (AvgIpc) is 3.20. The van der Waals surface area contributed by atoms with Crippen molar-refractivity contribution in [3.05, 3.63) is 97.2 Å². The van der Waals surface area contributed by atoms with E-state index >= 15 is 0 Å². The van der Waals surface area contributed by atoms with Crippen LogP contribution in [0.15, 0.2) is 97.2 Å². The fraction of sp³-hybridized carbons (Fsp3) is 0.673. The van der Waals surface area contributed by atoms with Crippen molar-refractivity contribution in [2.75, 3.05) is 6.61 Å². The van der Waals surface area contributed by atoms with Crippen LogP contribution in [0.1, 0.15) is 206 Å². The minimum Gasteiger partial charge on any atom is -0.394 e. The largest absolute Gasteiger partial charge is 0.394 e. The van der Waals surface area contributed by atoms with E-state index in [-0.39, 0.29) is 12.5 Å². The lowest BCUT2D eigenvalue weighted by atomic mass is 10.0. The van der Waals surface area contributed by atoms with Crippen molar-refractivity contribution in [3.63, 3.8) is 0 Å². The van der Waals surface area contributed by atoms with Gasteiger partial charge in [0.25, 0.3) is 0 Å². The minimum atomic E-state index is -0.850. The molecule has 0 saturated carbocycles. The van der Waals surface area contributed by atoms with Gasteiger partial charge < -0.3 is 15.5 Å². The van der Waals surface area contributed by atoms with Crippen LogP contribution in [-0.2, 0) is 4.79 Å². The van der Waals surface area contributed by atoms with Crippen LogP contribution < -0.4 is 5.32 Å². The molecular formula is C52H89NO3. The van der Waals surface area contributed by atoms with E-state index in [1.54, 1.807) is 6.08 Å². The Hall–Kier alpha value is -2.69. The molecule has 2 unspecified atom stereocenters. The first-order valence-electron chi connectivity index (χ1n) is 23.5. The fourth-order valence-electron chi connectivity index (χ4n) is 6.51. The predicted octanol–water partition coefficient (Wildman–Crippen LogP) is 15.0. The number of hydrogen-bond donors (Lipinski definition) is 3. The van der Waals surface area contributed by atoms with Crippen LogP contribution in [0.2, 0.25) is 0 Å². The van der Waals surface area contributed by atoms with Crippen LogP contribution in [0.5, 0.6) is 0 Å². The lowest BCUT2D eigenvalue weighted by Gasteiger charge is -2.20. The van der Waals surface area contributed by atoms with Gasteiger partial charge in [0.1, 0.15) is 0 Å². The average molecular weight is 776 g/mol. The molecule has 0 aliphatic heterocycles. The Balaban J connectivity index is 3.65. The Morgan fingerprint density at radius 3 is 1.18 bits per heavy atom. The summed E-state index contributed by atoms with van der Waals surface area (Å²) in [7, 11) is 0. The number of aliphatic hydroxyl groups excluding tert-OH is 2. The van der Waals surface area contributed by atoms with Gasteiger partial charge in [-0.05, 0) is 77.0 Å². The molecule has 2 atom stereocenters. The zero-order chi connectivity index (χ0) is 40.7. The minimum absolute atomic E-state index is 0.0798. The summed E-state index contributed by atoms with van der Waals surface area (Å²) in [6.07, 6.45) is 69.4. The van der Waals surface area contributed by atoms with Gasteiger partial charge in [-0.3, -0.25) is 4.79 Å². The van der Waals surface area contributed by atoms with E-state index in [4.69, 9.17) is 0 Å². The first-order chi connectivity index (χ1) is 27.7. The van der Waals surface area contributed by atoms with Crippen molar-refractivity contribution in [3.8, 4) is 0 Å². The monoisotopic (exact) mass is 776 g/mol. The lowest BCUT2D eigenvalue weighted by Crippen LogP contribution is -2.45. The third-order valence-corrected chi connectivity index (χ3v) is 10.1. The van der Waals surface area contributed by atoms with Crippen LogP contribution in [0.25, 0.3) is 0 Å². The van der Waals surface area contributed by atoms with Gasteiger partial charge in [-0.1, -0.05) is 220 Å². The molecule has 56 heavy (non-hydrogen) atoms. The zero-order valence-corrected chi connectivity index (χ0v) is 36.6. The number of nitrogens with one attached hydrogen (secondary N) is 1. The third-order valence-electron chi connectivity index (χ3n) is 10.1. The number of unbranched alkanes of at least 4 members (excludes halogenated alkanes) is 20. The zero-order valence-electron chi connectivity index (χ0n) is 36.6. The summed E-state index contributed by atoms with van der Waals surface area (Å²) >= 11 is 0. The summed E-state index contributed by atoms with van der Waals surface area (Å²) in [5.41, 5.74) is 0. The number of allylic oxidation sites excluding steroid dienone is 15. The van der Waals surface area contributed by atoms with Gasteiger partial charge in [0.05, 0.1) is 18.8 Å². The van der Waals surface area contributed by atoms with E-state index < -0.39 is 12.1 Å². The molecule has 0 radical (unpaired) electrons. The summed E-state index contributed by atoms with van der Waals surface area (Å²) in [5.74, 6) is -0.0798. The molecule has 320 valence electrons. The van der Waals surface area contributed by atoms with Gasteiger partial charge in [0.15, 0.2) is 0 Å². The molecule has 1 amide bonds. The summed E-state index contributed by atoms with van der Waals surface area (Å²) in [5, 5.41) is 23.0. The molecule has 0 rings (SSSR count). The summed E-state index contributed by atoms with van der Waals surface area (Å²) in [6, 6.07) is -0.634. The van der Waals surface area contributed by atoms with Gasteiger partial charge in [0, 0.05) is 6.42 Å². The predicted molar refractivity (Wildman–Crippen MR) is 248 cm³/mol. The van der Waals surface area contributed by atoms with Crippen LogP contribution in [0.3, 0.4) is 0 Å². The first kappa shape index (κ1) is 53.3. The van der Waals surface area contributed by atoms with Crippen molar-refractivity contribution < 1.29 is 15.0 Å². The molecule has 4 nitrogen and oxygen atoms in total. The van der Waals surface area contributed by atoms with Gasteiger partial charge in [-0.25, -0.2) is 0 Å². The van der Waals surface area contributed by atoms with Crippen LogP contribution >= 0.6 is 0 Å². The maximum Gasteiger partial charge on any atom is 0.220 e. The molecular weight excluding hydrogens is 687 g/mol. The highest BCUT2D eigenvalue weighted by atomic mass is 16.3. The molecule has 0 aromatic rings. The molecule has 0 fully saturated rings. The SMILES string of the molecule is CC/C=C\C/C=C\C/C=C\C/C=C\C/C=C\C/C=C\C/C=C\CCCCCCCCCC(=O)NC(CO)C(O)/C=C/CCCCCCCCCCCCCCC. The normalized spacial score (nSPS) is 13.9. The Bertz CT molecular complexity index is 1060. The molecule has 0 aliphatic carbocycles. The second kappa shape index (κ2) is 46.7. The number of aliphatic hydroxyl groups is 2. The topological polar surface area (TPSA) is 69.6 Å². The summed E-state index contributed by atoms with van der Waals surface area (Å²) in [6.45, 7) is 4.18. The quantitative estimate of drug-likeness (QED) is 0.0428. The van der Waals surface area contributed by atoms with E-state index in [0.717, 1.165) is 83.5 Å². The van der Waals surface area contributed by atoms with E-state index in [1.807, 2.05) is 6.08 Å². The Labute approximate surface area is 347 Å². The maximum absolute atomic E-state index is 12.4. The molecule has 0 heterocycles. The second-order valence-corrected chi connectivity index (χ2v) is 15.4. The highest BCUT2D eigenvalue weighted by Crippen LogP contribution is 2.14. The highest BCUT2D eigenvalue weighted by molar-refractivity contribution is 5.76. The van der Waals surface area contributed by atoms with E-state index in [1.165, 1.54) is 103 Å². The van der Waals surface area contributed by atoms with Crippen LogP contribution in [-0.4, -0.2) is 34.9 Å². The van der Waals surface area contributed by atoms with Gasteiger partial charge in [0.2, 0.25) is 5.91 Å². The number of carbonyl (C=O) groups excluding carboxylic acids is 1. The molecule has 4 heteroatoms. The lowest BCUT2D eigenvalue weighted by molar-refractivity contribution is -0.123. The van der Waals surface area contributed by atoms with Crippen molar-refractivity contribution in [2.24, 2.45) is 0 Å². The number of amides is 1. The molecule has 0 aliphatic rings. The molecule has 0 bridgehead atoms. The smallest absolute Gasteiger partial charge is 0.220 e. The molecule has 0 saturated heterocycles. The Kier molecular flexibility index (Phi) is 44.4. The Morgan fingerprint density at radius 1 is 0.446 bits per heavy atom. The summed E-state index contributed by atoms with van der Waals surface area (Å²) in [4.78, 5) is 12.4. The van der Waals surface area contributed by atoms with Crippen molar-refractivity contribution in [1.29, 1.82) is 0 Å². The molecule has 0 aromatic heterocycles. The molecule has 0 spiro atoms. The third kappa shape index (κ3) is 42.5. The van der Waals surface area contributed by atoms with Gasteiger partial charge in [-0.2, -0.15) is 0 Å². The van der Waals surface area contributed by atoms with Crippen molar-refractivity contribution in [2.45, 2.75) is 219 Å². The molecule has 3 N–H and O–H groups in total. The second-order valence-electron chi connectivity index (χ2n) is 15.4. The highest BCUT2D eigenvalue weighted by Gasteiger charge is 2.17. The Morgan fingerprint density at radius 2 is 0.786 bits per heavy atom. The maximum atomic E-state index is 12.4. The standard InChI is InChI=1S/C52H89NO3/c1-3-5-7-9-11-13-15-17-19-20-21-22-23-24-25-26-27-28-29-30-31-32-34-36-38-40-42-44-46-48-52(56)53-50(49-54)51(55)47-45-43-41-39-37-35-33-18-16-14-12-10-8-6-4-2/h5,7,11,13,17,19,21-22,24-25,27-28,30-31,45,47,50-51,54-55H,3-4,6,8-10,12,14-16,18,20,23,26,29,32-44,46,48-49H2,1-2H3,(H,53,56)/b7-5-,13-11-,19-17-,22-21-,25-24-,28-27-,31-30-,47-45+. The van der Waals surface area contributed by atoms with Crippen molar-refractivity contribution >= 4 is 5.91 Å². The van der Waals surface area contributed by atoms with E-state index in [2.05, 4.69) is 104 Å². The van der Waals surface area contributed by atoms with E-state index in [0.29, 0.717) is 6.42 Å². The summed E-state index contributed by atoms with van der Waals surface area (Å²) < 4.78 is 0. The van der Waals surface area contributed by atoms with Crippen LogP contribution in [0.4, 0.5) is 0 Å². The van der Waals surface area contributed by atoms with Gasteiger partial charge >= 0.3 is 0 Å². The number of carbonyl (C=O) groups is 1.